The van der Waals surface area contributed by atoms with Gasteiger partial charge in [-0.05, 0) is 53.6 Å². The van der Waals surface area contributed by atoms with Crippen LogP contribution < -0.4 is 11.1 Å². The Labute approximate surface area is 174 Å². The molecule has 0 fully saturated rings. The summed E-state index contributed by atoms with van der Waals surface area (Å²) in [5, 5.41) is 14.5. The number of thioether (sulfide) groups is 1. The average molecular weight is 408 g/mol. The van der Waals surface area contributed by atoms with Crippen molar-refractivity contribution in [3.05, 3.63) is 77.5 Å². The van der Waals surface area contributed by atoms with E-state index < -0.39 is 5.91 Å². The summed E-state index contributed by atoms with van der Waals surface area (Å²) in [5.41, 5.74) is 9.30. The second-order valence-corrected chi connectivity index (χ2v) is 8.45. The van der Waals surface area contributed by atoms with Gasteiger partial charge in [-0.3, -0.25) is 4.79 Å². The number of nitrogens with one attached hydrogen (secondary N) is 2. The summed E-state index contributed by atoms with van der Waals surface area (Å²) >= 11 is 1.88. The molecule has 6 heteroatoms. The van der Waals surface area contributed by atoms with Gasteiger partial charge in [0.05, 0.1) is 0 Å². The van der Waals surface area contributed by atoms with Gasteiger partial charge in [0.1, 0.15) is 5.75 Å². The molecule has 0 spiro atoms. The summed E-state index contributed by atoms with van der Waals surface area (Å²) < 4.78 is 0. The molecular formula is C23H25N3O2S. The van der Waals surface area contributed by atoms with Gasteiger partial charge in [0, 0.05) is 46.9 Å². The molecule has 5 nitrogen and oxygen atoms in total. The van der Waals surface area contributed by atoms with Gasteiger partial charge in [-0.2, -0.15) is 11.8 Å². The van der Waals surface area contributed by atoms with Gasteiger partial charge < -0.3 is 21.1 Å². The summed E-state index contributed by atoms with van der Waals surface area (Å²) in [4.78, 5) is 14.7. The van der Waals surface area contributed by atoms with Crippen molar-refractivity contribution in [1.29, 1.82) is 0 Å². The zero-order valence-electron chi connectivity index (χ0n) is 16.1. The monoisotopic (exact) mass is 407 g/mol. The molecule has 2 aromatic carbocycles. The number of rotatable bonds is 7. The summed E-state index contributed by atoms with van der Waals surface area (Å²) in [5.74, 6) is 2.07. The van der Waals surface area contributed by atoms with Crippen molar-refractivity contribution < 1.29 is 9.90 Å². The van der Waals surface area contributed by atoms with E-state index in [1.54, 1.807) is 12.1 Å². The molecule has 0 saturated heterocycles. The van der Waals surface area contributed by atoms with E-state index in [4.69, 9.17) is 5.73 Å². The quantitative estimate of drug-likeness (QED) is 0.353. The van der Waals surface area contributed by atoms with Crippen LogP contribution in [0.3, 0.4) is 0 Å². The molecule has 5 N–H and O–H groups in total. The Kier molecular flexibility index (Phi) is 5.92. The number of benzene rings is 2. The number of aromatic nitrogens is 1. The Morgan fingerprint density at radius 3 is 2.97 bits per heavy atom. The number of primary amides is 1. The number of carbonyl (C=O) groups is 1. The third-order valence-corrected chi connectivity index (χ3v) is 6.45. The topological polar surface area (TPSA) is 91.1 Å². The Morgan fingerprint density at radius 2 is 2.14 bits per heavy atom. The van der Waals surface area contributed by atoms with Gasteiger partial charge >= 0.3 is 0 Å². The highest BCUT2D eigenvalue weighted by Crippen LogP contribution is 2.30. The van der Waals surface area contributed by atoms with Crippen LogP contribution in [0.25, 0.3) is 10.9 Å². The highest BCUT2D eigenvalue weighted by molar-refractivity contribution is 7.98. The Balaban J connectivity index is 1.37. The third-order valence-electron chi connectivity index (χ3n) is 5.41. The van der Waals surface area contributed by atoms with Crippen molar-refractivity contribution >= 4 is 28.6 Å². The first kappa shape index (κ1) is 19.6. The fourth-order valence-electron chi connectivity index (χ4n) is 3.90. The second kappa shape index (κ2) is 8.76. The first-order valence-electron chi connectivity index (χ1n) is 9.78. The molecule has 2 heterocycles. The lowest BCUT2D eigenvalue weighted by molar-refractivity contribution is 0.100. The molecule has 0 radical (unpaired) electrons. The van der Waals surface area contributed by atoms with Crippen LogP contribution in [0.2, 0.25) is 0 Å². The number of phenolic OH excluding ortho intramolecular Hbond substituents is 1. The zero-order chi connectivity index (χ0) is 20.2. The van der Waals surface area contributed by atoms with E-state index in [1.807, 2.05) is 42.2 Å². The number of hydrogen-bond acceptors (Lipinski definition) is 4. The largest absolute Gasteiger partial charge is 0.508 e. The maximum Gasteiger partial charge on any atom is 0.248 e. The molecule has 1 amide bonds. The van der Waals surface area contributed by atoms with Gasteiger partial charge in [0.25, 0.3) is 0 Å². The standard InChI is InChI=1S/C23H25N3O2S/c24-23(28)16-6-7-21-20(12-16)17(13-26-21)14-29-10-8-22-19(5-2-9-25-22)15-3-1-4-18(27)11-15/h1-7,11-13,19,22,25-27H,8-10,14H2,(H2,24,28). The van der Waals surface area contributed by atoms with Crippen LogP contribution in [0.5, 0.6) is 5.75 Å². The van der Waals surface area contributed by atoms with Crippen molar-refractivity contribution in [1.82, 2.24) is 10.3 Å². The second-order valence-electron chi connectivity index (χ2n) is 7.34. The molecule has 1 aliphatic rings. The third kappa shape index (κ3) is 4.49. The predicted molar refractivity (Wildman–Crippen MR) is 119 cm³/mol. The van der Waals surface area contributed by atoms with Crippen LogP contribution in [-0.2, 0) is 5.75 Å². The molecular weight excluding hydrogens is 382 g/mol. The maximum absolute atomic E-state index is 11.5. The lowest BCUT2D eigenvalue weighted by Crippen LogP contribution is -2.37. The number of aromatic amines is 1. The van der Waals surface area contributed by atoms with Crippen LogP contribution in [0.15, 0.2) is 60.8 Å². The number of H-pyrrole nitrogens is 1. The number of hydrogen-bond donors (Lipinski definition) is 4. The van der Waals surface area contributed by atoms with E-state index in [-0.39, 0.29) is 5.92 Å². The highest BCUT2D eigenvalue weighted by atomic mass is 32.2. The van der Waals surface area contributed by atoms with E-state index >= 15 is 0 Å². The average Bonchev–Trinajstić information content (AvgIpc) is 3.14. The Hall–Kier alpha value is -2.70. The van der Waals surface area contributed by atoms with Crippen LogP contribution in [-0.4, -0.2) is 34.3 Å². The molecule has 2 atom stereocenters. The number of fused-ring (bicyclic) bond motifs is 1. The molecule has 3 aromatic rings. The van der Waals surface area contributed by atoms with Crippen molar-refractivity contribution in [2.24, 2.45) is 5.73 Å². The molecule has 2 unspecified atom stereocenters. The molecule has 150 valence electrons. The Bertz CT molecular complexity index is 1040. The number of phenols is 1. The number of nitrogens with two attached hydrogens (primary N) is 1. The summed E-state index contributed by atoms with van der Waals surface area (Å²) in [6, 6.07) is 13.4. The van der Waals surface area contributed by atoms with Crippen molar-refractivity contribution in [3.63, 3.8) is 0 Å². The molecule has 1 aromatic heterocycles. The van der Waals surface area contributed by atoms with Gasteiger partial charge in [0.2, 0.25) is 5.91 Å². The van der Waals surface area contributed by atoms with Crippen LogP contribution >= 0.6 is 11.8 Å². The Morgan fingerprint density at radius 1 is 1.24 bits per heavy atom. The smallest absolute Gasteiger partial charge is 0.248 e. The predicted octanol–water partition coefficient (Wildman–Crippen LogP) is 3.91. The van der Waals surface area contributed by atoms with E-state index in [2.05, 4.69) is 28.5 Å². The zero-order valence-corrected chi connectivity index (χ0v) is 16.9. The summed E-state index contributed by atoms with van der Waals surface area (Å²) in [6.45, 7) is 0.878. The number of carbonyl (C=O) groups excluding carboxylic acids is 1. The van der Waals surface area contributed by atoms with Gasteiger partial charge in [-0.25, -0.2) is 0 Å². The van der Waals surface area contributed by atoms with Crippen LogP contribution in [0.1, 0.15) is 33.8 Å². The number of aromatic hydroxyl groups is 1. The first-order chi connectivity index (χ1) is 14.1. The summed E-state index contributed by atoms with van der Waals surface area (Å²) in [6.07, 6.45) is 7.44. The number of amides is 1. The normalized spacial score (nSPS) is 18.9. The molecule has 4 rings (SSSR count). The molecule has 0 bridgehead atoms. The molecule has 0 aliphatic carbocycles. The minimum atomic E-state index is -0.402. The lowest BCUT2D eigenvalue weighted by Gasteiger charge is -2.29. The van der Waals surface area contributed by atoms with Gasteiger partial charge in [-0.1, -0.05) is 24.3 Å². The highest BCUT2D eigenvalue weighted by Gasteiger charge is 2.22. The minimum Gasteiger partial charge on any atom is -0.508 e. The SMILES string of the molecule is NC(=O)c1ccc2[nH]cc(CSCCC3NCC=CC3c3cccc(O)c3)c2c1. The maximum atomic E-state index is 11.5. The van der Waals surface area contributed by atoms with E-state index in [9.17, 15) is 9.90 Å². The fourth-order valence-corrected chi connectivity index (χ4v) is 4.92. The van der Waals surface area contributed by atoms with Gasteiger partial charge in [-0.15, -0.1) is 0 Å². The minimum absolute atomic E-state index is 0.266. The first-order valence-corrected chi connectivity index (χ1v) is 10.9. The van der Waals surface area contributed by atoms with Crippen LogP contribution in [0.4, 0.5) is 0 Å². The lowest BCUT2D eigenvalue weighted by atomic mass is 9.87. The van der Waals surface area contributed by atoms with Crippen molar-refractivity contribution in [2.75, 3.05) is 12.3 Å². The van der Waals surface area contributed by atoms with Gasteiger partial charge in [0.15, 0.2) is 0 Å². The molecule has 29 heavy (non-hydrogen) atoms. The fraction of sp³-hybridized carbons (Fsp3) is 0.261. The van der Waals surface area contributed by atoms with E-state index in [1.165, 1.54) is 5.56 Å². The summed E-state index contributed by atoms with van der Waals surface area (Å²) in [7, 11) is 0. The molecule has 0 saturated carbocycles. The van der Waals surface area contributed by atoms with E-state index in [0.29, 0.717) is 17.4 Å². The van der Waals surface area contributed by atoms with E-state index in [0.717, 1.165) is 40.9 Å². The van der Waals surface area contributed by atoms with Crippen LogP contribution in [0, 0.1) is 0 Å². The molecule has 1 aliphatic heterocycles. The van der Waals surface area contributed by atoms with Crippen molar-refractivity contribution in [3.8, 4) is 5.75 Å². The van der Waals surface area contributed by atoms with Crippen molar-refractivity contribution in [2.45, 2.75) is 24.1 Å².